The van der Waals surface area contributed by atoms with Gasteiger partial charge < -0.3 is 50.9 Å². The minimum atomic E-state index is -5.31. The summed E-state index contributed by atoms with van der Waals surface area (Å²) in [5, 5.41) is 10.5. The number of likely N-dealkylation sites (tertiary alicyclic amines) is 1. The zero-order valence-corrected chi connectivity index (χ0v) is 39.2. The average molecular weight is 919 g/mol. The zero-order valence-electron chi connectivity index (χ0n) is 38.3. The highest BCUT2D eigenvalue weighted by Gasteiger charge is 2.37. The summed E-state index contributed by atoms with van der Waals surface area (Å²) in [5.41, 5.74) is 7.45. The van der Waals surface area contributed by atoms with Crippen molar-refractivity contribution in [2.75, 3.05) is 20.3 Å². The minimum Gasteiger partial charge on any atom is -0.756 e. The summed E-state index contributed by atoms with van der Waals surface area (Å²) in [6.07, 6.45) is 11.6. The van der Waals surface area contributed by atoms with E-state index in [0.29, 0.717) is 39.1 Å². The number of aryl methyl sites for hydroxylation is 3. The highest BCUT2D eigenvalue weighted by molar-refractivity contribution is 7.44. The maximum absolute atomic E-state index is 14.2. The molecule has 0 saturated carbocycles. The number of methoxy groups -OCH3 is 1. The van der Waals surface area contributed by atoms with Gasteiger partial charge in [0, 0.05) is 40.0 Å². The van der Waals surface area contributed by atoms with Crippen molar-refractivity contribution >= 4 is 43.3 Å². The lowest BCUT2D eigenvalue weighted by atomic mass is 10.0. The number of imidazole rings is 1. The molecule has 0 spiro atoms. The number of benzene rings is 1. The average Bonchev–Trinajstić information content (AvgIpc) is 3.87. The number of amides is 6. The Labute approximate surface area is 377 Å². The molecule has 0 radical (unpaired) electrons. The Bertz CT molecular complexity index is 1870. The van der Waals surface area contributed by atoms with Crippen LogP contribution in [0.25, 0.3) is 0 Å². The molecule has 20 heteroatoms. The van der Waals surface area contributed by atoms with Crippen molar-refractivity contribution in [1.82, 2.24) is 30.7 Å². The molecule has 1 unspecified atom stereocenters. The number of hydrogen-bond donors (Lipinski definition) is 6. The molecule has 358 valence electrons. The van der Waals surface area contributed by atoms with Crippen molar-refractivity contribution in [2.24, 2.45) is 11.7 Å². The number of ether oxygens (including phenoxy) is 1. The van der Waals surface area contributed by atoms with Crippen LogP contribution in [-0.2, 0) is 68.5 Å². The number of carbonyl (C=O) groups is 6. The van der Waals surface area contributed by atoms with Gasteiger partial charge in [-0.1, -0.05) is 63.4 Å². The molecule has 6 amide bonds. The van der Waals surface area contributed by atoms with Gasteiger partial charge in [-0.3, -0.25) is 33.3 Å². The molecule has 1 aliphatic rings. The first-order valence-corrected chi connectivity index (χ1v) is 23.9. The maximum atomic E-state index is 14.2. The van der Waals surface area contributed by atoms with Crippen molar-refractivity contribution in [3.63, 3.8) is 0 Å². The van der Waals surface area contributed by atoms with E-state index in [1.54, 1.807) is 7.11 Å². The lowest BCUT2D eigenvalue weighted by molar-refractivity contribution is -0.697. The SMILES string of the molecule is COCCC[n+]1cc(C[C@H](NC(=O)[C@H](CC(C)C)NC(=O)[C@@H]2CCCN2C(C)=O)C(=O)N[C@@H](C)C(=O)N[C@H](C(N)=O)[C@@H](C)OP(=O)([O-])O)n(CCCCCCCCc2ccccc2)c1. The molecule has 1 saturated heterocycles. The van der Waals surface area contributed by atoms with Crippen LogP contribution in [0, 0.1) is 5.92 Å². The fraction of sp³-hybridized carbons (Fsp3) is 0.659. The number of unbranched alkanes of at least 4 members (excludes halogenated alkanes) is 5. The van der Waals surface area contributed by atoms with Crippen LogP contribution in [0.3, 0.4) is 0 Å². The summed E-state index contributed by atoms with van der Waals surface area (Å²) < 4.78 is 25.1. The van der Waals surface area contributed by atoms with Gasteiger partial charge in [-0.2, -0.15) is 0 Å². The van der Waals surface area contributed by atoms with Gasteiger partial charge in [-0.05, 0) is 70.3 Å². The number of hydrogen-bond acceptors (Lipinski definition) is 10. The Morgan fingerprint density at radius 1 is 0.906 bits per heavy atom. The fourth-order valence-electron chi connectivity index (χ4n) is 7.83. The third kappa shape index (κ3) is 18.8. The summed E-state index contributed by atoms with van der Waals surface area (Å²) in [6.45, 7) is 9.80. The summed E-state index contributed by atoms with van der Waals surface area (Å²) in [6, 6.07) is 4.28. The lowest BCUT2D eigenvalue weighted by Crippen LogP contribution is -2.60. The Morgan fingerprint density at radius 2 is 1.56 bits per heavy atom. The van der Waals surface area contributed by atoms with Gasteiger partial charge in [-0.25, -0.2) is 9.13 Å². The number of primary amides is 1. The van der Waals surface area contributed by atoms with Crippen LogP contribution in [0.1, 0.15) is 110 Å². The lowest BCUT2D eigenvalue weighted by Gasteiger charge is -2.28. The van der Waals surface area contributed by atoms with Crippen LogP contribution in [0.4, 0.5) is 0 Å². The minimum absolute atomic E-state index is 0.0180. The number of aromatic nitrogens is 2. The second kappa shape index (κ2) is 27.0. The van der Waals surface area contributed by atoms with Crippen molar-refractivity contribution in [1.29, 1.82) is 0 Å². The molecule has 64 heavy (non-hydrogen) atoms. The molecule has 0 bridgehead atoms. The largest absolute Gasteiger partial charge is 0.756 e. The first-order valence-electron chi connectivity index (χ1n) is 22.4. The highest BCUT2D eigenvalue weighted by Crippen LogP contribution is 2.33. The second-order valence-electron chi connectivity index (χ2n) is 17.1. The van der Waals surface area contributed by atoms with Crippen LogP contribution in [0.5, 0.6) is 0 Å². The van der Waals surface area contributed by atoms with Crippen molar-refractivity contribution in [3.8, 4) is 0 Å². The molecule has 3 rings (SSSR count). The van der Waals surface area contributed by atoms with E-state index in [1.807, 2.05) is 41.6 Å². The first kappa shape index (κ1) is 53.7. The van der Waals surface area contributed by atoms with Gasteiger partial charge in [0.1, 0.15) is 42.1 Å². The molecule has 1 aliphatic heterocycles. The fourth-order valence-corrected chi connectivity index (χ4v) is 8.37. The normalized spacial score (nSPS) is 17.1. The van der Waals surface area contributed by atoms with E-state index in [4.69, 9.17) is 15.4 Å². The van der Waals surface area contributed by atoms with Gasteiger partial charge >= 0.3 is 0 Å². The quantitative estimate of drug-likeness (QED) is 0.0385. The topological polar surface area (TPSA) is 267 Å². The molecule has 1 aromatic carbocycles. The maximum Gasteiger partial charge on any atom is 0.265 e. The smallest absolute Gasteiger partial charge is 0.265 e. The Kier molecular flexibility index (Phi) is 22.6. The van der Waals surface area contributed by atoms with Crippen LogP contribution in [0.15, 0.2) is 42.9 Å². The van der Waals surface area contributed by atoms with E-state index in [1.165, 1.54) is 24.3 Å². The van der Waals surface area contributed by atoms with Gasteiger partial charge in [-0.15, -0.1) is 0 Å². The number of nitrogens with two attached hydrogens (primary N) is 1. The zero-order chi connectivity index (χ0) is 47.4. The molecule has 1 aromatic heterocycles. The molecule has 2 heterocycles. The van der Waals surface area contributed by atoms with Gasteiger partial charge in [0.15, 0.2) is 0 Å². The molecule has 1 fully saturated rings. The predicted molar refractivity (Wildman–Crippen MR) is 235 cm³/mol. The van der Waals surface area contributed by atoms with Gasteiger partial charge in [0.05, 0.1) is 19.2 Å². The second-order valence-corrected chi connectivity index (χ2v) is 18.2. The summed E-state index contributed by atoms with van der Waals surface area (Å²) >= 11 is 0. The standard InChI is InChI=1S/C44H71N8O11P/c1-30(2)26-36(48-44(58)38-21-16-24-52(38)33(5)53)43(57)47-37(42(56)46-31(3)41(55)49-39(40(45)54)32(4)63-64(59,60)61)27-35-28-50(22-17-25-62-6)29-51(35)23-15-10-8-7-9-12-18-34-19-13-11-14-20-34/h11,13-14,19-20,28-32,36-39H,7-10,12,15-18,21-27H2,1-6H3,(H7-,45,46,47,48,49,54,55,56,57,58,59,60,61)/t31-,32+,36-,37-,38-,39-/m0/s1. The molecule has 0 aliphatic carbocycles. The molecular formula is C44H71N8O11P. The van der Waals surface area contributed by atoms with E-state index < -0.39 is 73.7 Å². The summed E-state index contributed by atoms with van der Waals surface area (Å²) in [7, 11) is -3.69. The number of nitrogens with one attached hydrogen (secondary N) is 4. The molecule has 2 aromatic rings. The highest BCUT2D eigenvalue weighted by atomic mass is 31.2. The molecule has 7 N–H and O–H groups in total. The van der Waals surface area contributed by atoms with E-state index >= 15 is 0 Å². The monoisotopic (exact) mass is 918 g/mol. The number of nitrogens with zero attached hydrogens (tertiary/aromatic N) is 3. The van der Waals surface area contributed by atoms with Crippen LogP contribution in [0.2, 0.25) is 0 Å². The number of rotatable bonds is 29. The van der Waals surface area contributed by atoms with E-state index in [0.717, 1.165) is 64.0 Å². The Morgan fingerprint density at radius 3 is 2.19 bits per heavy atom. The van der Waals surface area contributed by atoms with Crippen LogP contribution in [-0.4, -0.2) is 106 Å². The van der Waals surface area contributed by atoms with Gasteiger partial charge in [0.2, 0.25) is 41.8 Å². The third-order valence-corrected chi connectivity index (χ3v) is 11.8. The predicted octanol–water partition coefficient (Wildman–Crippen LogP) is 1.31. The Hall–Kier alpha value is -4.68. The van der Waals surface area contributed by atoms with Crippen LogP contribution >= 0.6 is 7.82 Å². The molecule has 19 nitrogen and oxygen atoms in total. The number of phosphoric ester groups is 1. The summed E-state index contributed by atoms with van der Waals surface area (Å²) in [4.78, 5) is 102. The molecular weight excluding hydrogens is 848 g/mol. The van der Waals surface area contributed by atoms with Gasteiger partial charge in [0.25, 0.3) is 7.82 Å². The first-order chi connectivity index (χ1) is 30.3. The number of carbonyl (C=O) groups excluding carboxylic acids is 6. The van der Waals surface area contributed by atoms with Crippen LogP contribution < -0.4 is 36.5 Å². The summed E-state index contributed by atoms with van der Waals surface area (Å²) in [5.74, 6) is -4.29. The van der Waals surface area contributed by atoms with E-state index in [9.17, 15) is 38.2 Å². The molecule has 7 atom stereocenters. The number of phosphoric acid groups is 1. The van der Waals surface area contributed by atoms with Crippen molar-refractivity contribution in [2.45, 2.75) is 161 Å². The van der Waals surface area contributed by atoms with E-state index in [-0.39, 0.29) is 24.7 Å². The van der Waals surface area contributed by atoms with Crippen molar-refractivity contribution < 1.29 is 56.9 Å². The van der Waals surface area contributed by atoms with E-state index in [2.05, 4.69) is 50.1 Å². The Balaban J connectivity index is 1.85. The van der Waals surface area contributed by atoms with Crippen molar-refractivity contribution in [3.05, 3.63) is 54.1 Å². The third-order valence-electron chi connectivity index (χ3n) is 11.2.